The molecule has 0 aliphatic rings. The molecular weight excluding hydrogens is 504 g/mol. The summed E-state index contributed by atoms with van der Waals surface area (Å²) < 4.78 is 4.95. The monoisotopic (exact) mass is 521 g/mol. The zero-order valence-corrected chi connectivity index (χ0v) is 19.2. The van der Waals surface area contributed by atoms with Gasteiger partial charge < -0.3 is 32.6 Å². The topological polar surface area (TPSA) is 115 Å². The number of hydrogen-bond acceptors (Lipinski definition) is 7. The number of Topliss-reactive ketones (excluding diaryl/α,β-unsaturated/α-hetero) is 1. The van der Waals surface area contributed by atoms with Crippen LogP contribution < -0.4 is 10.4 Å². The number of ketones is 1. The minimum atomic E-state index is -1.03. The van der Waals surface area contributed by atoms with Crippen molar-refractivity contribution >= 4 is 47.7 Å². The van der Waals surface area contributed by atoms with Crippen molar-refractivity contribution in [2.24, 2.45) is 4.99 Å². The van der Waals surface area contributed by atoms with Crippen LogP contribution in [0, 0.1) is 0 Å². The molecule has 0 saturated carbocycles. The molecular formula is C25H18CuN2O5S. The normalized spacial score (nSPS) is 10.0. The molecule has 0 fully saturated rings. The standard InChI is InChI=1S/C13H11NO3.C12H9NO2S.Cu/c15-12-8-4-3-7-11(12)14-10-6-2-1-5-9(10)13(16)17;14-10(11-5-3-7-15-11)8-13-9-4-1-2-6-12(9)16;/h1-8,14-15H,(H,16,17);1-8,16H;/q;;+2/p-2. The Labute approximate surface area is 212 Å². The Morgan fingerprint density at radius 3 is 2.21 bits per heavy atom. The number of benzene rings is 3. The SMILES string of the molecule is O=C(C=Nc1ccccc1[S-])c1ccco1.O=C(O)c1ccccc1Nc1ccccc1[O-].[Cu+2]. The number of carboxylic acids is 1. The van der Waals surface area contributed by atoms with Crippen LogP contribution in [0.25, 0.3) is 0 Å². The third-order valence-electron chi connectivity index (χ3n) is 4.26. The van der Waals surface area contributed by atoms with Gasteiger partial charge in [-0.2, -0.15) is 0 Å². The molecule has 0 amide bonds. The van der Waals surface area contributed by atoms with Crippen LogP contribution in [-0.2, 0) is 29.7 Å². The quantitative estimate of drug-likeness (QED) is 0.159. The molecule has 175 valence electrons. The predicted molar refractivity (Wildman–Crippen MR) is 126 cm³/mol. The van der Waals surface area contributed by atoms with Gasteiger partial charge in [0.2, 0.25) is 5.78 Å². The van der Waals surface area contributed by atoms with E-state index in [0.29, 0.717) is 22.0 Å². The second-order valence-corrected chi connectivity index (χ2v) is 6.98. The van der Waals surface area contributed by atoms with Gasteiger partial charge >= 0.3 is 23.0 Å². The molecule has 4 rings (SSSR count). The molecule has 1 heterocycles. The van der Waals surface area contributed by atoms with Crippen LogP contribution >= 0.6 is 0 Å². The maximum Gasteiger partial charge on any atom is 2.00 e. The first kappa shape index (κ1) is 26.3. The molecule has 4 aromatic rings. The molecule has 0 saturated heterocycles. The van der Waals surface area contributed by atoms with Gasteiger partial charge in [0.1, 0.15) is 0 Å². The van der Waals surface area contributed by atoms with E-state index < -0.39 is 5.97 Å². The van der Waals surface area contributed by atoms with E-state index >= 15 is 0 Å². The van der Waals surface area contributed by atoms with Crippen molar-refractivity contribution in [3.63, 3.8) is 0 Å². The van der Waals surface area contributed by atoms with Crippen molar-refractivity contribution in [3.05, 3.63) is 103 Å². The summed E-state index contributed by atoms with van der Waals surface area (Å²) in [6.45, 7) is 0. The summed E-state index contributed by atoms with van der Waals surface area (Å²) in [5, 5.41) is 23.3. The number of nitrogens with one attached hydrogen (secondary N) is 1. The van der Waals surface area contributed by atoms with Crippen molar-refractivity contribution in [3.8, 4) is 5.75 Å². The van der Waals surface area contributed by atoms with Gasteiger partial charge in [-0.25, -0.2) is 4.79 Å². The third-order valence-corrected chi connectivity index (χ3v) is 4.61. The van der Waals surface area contributed by atoms with Crippen LogP contribution in [0.4, 0.5) is 17.1 Å². The Kier molecular flexibility index (Phi) is 10.0. The molecule has 3 aromatic carbocycles. The summed E-state index contributed by atoms with van der Waals surface area (Å²) in [4.78, 5) is 27.1. The Morgan fingerprint density at radius 1 is 0.912 bits per heavy atom. The van der Waals surface area contributed by atoms with Gasteiger partial charge in [-0.3, -0.25) is 9.79 Å². The number of furan rings is 1. The van der Waals surface area contributed by atoms with E-state index in [4.69, 9.17) is 22.2 Å². The summed E-state index contributed by atoms with van der Waals surface area (Å²) >= 11 is 5.06. The fourth-order valence-electron chi connectivity index (χ4n) is 2.67. The number of carbonyl (C=O) groups is 2. The Morgan fingerprint density at radius 2 is 1.56 bits per heavy atom. The molecule has 2 N–H and O–H groups in total. The van der Waals surface area contributed by atoms with E-state index in [1.54, 1.807) is 60.7 Å². The average molecular weight is 522 g/mol. The van der Waals surface area contributed by atoms with Crippen LogP contribution in [0.15, 0.2) is 105 Å². The molecule has 1 aromatic heterocycles. The fourth-order valence-corrected chi connectivity index (χ4v) is 2.87. The molecule has 9 heteroatoms. The number of rotatable bonds is 6. The summed E-state index contributed by atoms with van der Waals surface area (Å²) in [7, 11) is 0. The summed E-state index contributed by atoms with van der Waals surface area (Å²) in [5.41, 5.74) is 1.51. The predicted octanol–water partition coefficient (Wildman–Crippen LogP) is 4.97. The van der Waals surface area contributed by atoms with Crippen LogP contribution in [0.1, 0.15) is 20.9 Å². The number of aromatic carboxylic acids is 1. The second-order valence-electron chi connectivity index (χ2n) is 6.54. The van der Waals surface area contributed by atoms with Crippen molar-refractivity contribution in [1.29, 1.82) is 0 Å². The first-order chi connectivity index (χ1) is 16.0. The molecule has 0 aliphatic heterocycles. The van der Waals surface area contributed by atoms with E-state index in [2.05, 4.69) is 10.3 Å². The minimum Gasteiger partial charge on any atom is -0.871 e. The number of carboxylic acid groups (broad SMARTS) is 1. The van der Waals surface area contributed by atoms with E-state index in [-0.39, 0.29) is 39.9 Å². The first-order valence-electron chi connectivity index (χ1n) is 9.69. The van der Waals surface area contributed by atoms with Gasteiger partial charge in [-0.1, -0.05) is 54.3 Å². The smallest absolute Gasteiger partial charge is 0.871 e. The molecule has 0 atom stereocenters. The number of nitrogens with zero attached hydrogens (tertiary/aromatic N) is 1. The molecule has 34 heavy (non-hydrogen) atoms. The van der Waals surface area contributed by atoms with Crippen molar-refractivity contribution in [2.75, 3.05) is 5.32 Å². The van der Waals surface area contributed by atoms with Gasteiger partial charge in [0, 0.05) is 11.4 Å². The second kappa shape index (κ2) is 13.0. The zero-order valence-electron chi connectivity index (χ0n) is 17.5. The largest absolute Gasteiger partial charge is 2.00 e. The Hall–Kier alpha value is -3.91. The van der Waals surface area contributed by atoms with E-state index in [1.807, 2.05) is 12.1 Å². The van der Waals surface area contributed by atoms with E-state index in [9.17, 15) is 14.7 Å². The van der Waals surface area contributed by atoms with Crippen LogP contribution in [0.3, 0.4) is 0 Å². The average Bonchev–Trinajstić information content (AvgIpc) is 3.36. The van der Waals surface area contributed by atoms with Crippen molar-refractivity contribution < 1.29 is 41.3 Å². The van der Waals surface area contributed by atoms with E-state index in [1.165, 1.54) is 24.6 Å². The number of carbonyl (C=O) groups excluding carboxylic acids is 1. The number of aliphatic imine (C=N–C) groups is 1. The number of anilines is 2. The minimum absolute atomic E-state index is 0. The van der Waals surface area contributed by atoms with Crippen LogP contribution in [0.2, 0.25) is 0 Å². The molecule has 1 radical (unpaired) electrons. The molecule has 7 nitrogen and oxygen atoms in total. The molecule has 0 unspecified atom stereocenters. The first-order valence-corrected chi connectivity index (χ1v) is 10.1. The number of para-hydroxylation sites is 4. The maximum atomic E-state index is 11.5. The number of hydrogen-bond donors (Lipinski definition) is 2. The third kappa shape index (κ3) is 7.31. The molecule has 0 aliphatic carbocycles. The Balaban J connectivity index is 0.000000234. The molecule has 0 spiro atoms. The summed E-state index contributed by atoms with van der Waals surface area (Å²) in [6.07, 6.45) is 2.66. The molecule has 0 bridgehead atoms. The van der Waals surface area contributed by atoms with Crippen LogP contribution in [0.5, 0.6) is 5.75 Å². The zero-order chi connectivity index (χ0) is 23.6. The maximum absolute atomic E-state index is 11.5. The fraction of sp³-hybridized carbons (Fsp3) is 0. The van der Waals surface area contributed by atoms with Crippen LogP contribution in [-0.4, -0.2) is 23.1 Å². The van der Waals surface area contributed by atoms with Crippen molar-refractivity contribution in [1.82, 2.24) is 0 Å². The summed E-state index contributed by atoms with van der Waals surface area (Å²) in [6, 6.07) is 23.3. The van der Waals surface area contributed by atoms with Crippen molar-refractivity contribution in [2.45, 2.75) is 4.90 Å². The Bertz CT molecular complexity index is 1280. The van der Waals surface area contributed by atoms with E-state index in [0.717, 1.165) is 0 Å². The van der Waals surface area contributed by atoms with Gasteiger partial charge in [-0.05, 0) is 36.4 Å². The van der Waals surface area contributed by atoms with Gasteiger partial charge in [0.05, 0.1) is 23.7 Å². The van der Waals surface area contributed by atoms with Gasteiger partial charge in [-0.15, -0.1) is 4.90 Å². The summed E-state index contributed by atoms with van der Waals surface area (Å²) in [5.74, 6) is -1.21. The van der Waals surface area contributed by atoms with Gasteiger partial charge in [0.25, 0.3) is 0 Å². The van der Waals surface area contributed by atoms with Gasteiger partial charge in [0.15, 0.2) is 5.76 Å².